The maximum atomic E-state index is 12.4. The number of nitrogens with one attached hydrogen (secondary N) is 1. The molecule has 3 rings (SSSR count). The fourth-order valence-electron chi connectivity index (χ4n) is 3.53. The normalized spacial score (nSPS) is 21.2. The molecule has 0 spiro atoms. The molecule has 1 atom stereocenters. The van der Waals surface area contributed by atoms with Gasteiger partial charge in [-0.25, -0.2) is 0 Å². The number of ether oxygens (including phenoxy) is 1. The lowest BCUT2D eigenvalue weighted by molar-refractivity contribution is -0.126. The van der Waals surface area contributed by atoms with Crippen LogP contribution in [0.3, 0.4) is 0 Å². The van der Waals surface area contributed by atoms with E-state index in [-0.39, 0.29) is 17.7 Å². The maximum absolute atomic E-state index is 12.4. The first-order valence-electron chi connectivity index (χ1n) is 9.64. The van der Waals surface area contributed by atoms with Crippen molar-refractivity contribution in [2.24, 2.45) is 5.92 Å². The molecule has 0 unspecified atom stereocenters. The Bertz CT molecular complexity index is 611. The van der Waals surface area contributed by atoms with Gasteiger partial charge in [-0.15, -0.1) is 0 Å². The smallest absolute Gasteiger partial charge is 0.227 e. The number of benzene rings is 1. The van der Waals surface area contributed by atoms with Crippen LogP contribution < -0.4 is 10.2 Å². The van der Waals surface area contributed by atoms with Crippen molar-refractivity contribution in [1.82, 2.24) is 10.2 Å². The summed E-state index contributed by atoms with van der Waals surface area (Å²) in [6.45, 7) is 7.75. The molecule has 2 amide bonds. The highest BCUT2D eigenvalue weighted by Crippen LogP contribution is 2.25. The first-order chi connectivity index (χ1) is 12.7. The molecule has 0 saturated carbocycles. The van der Waals surface area contributed by atoms with Gasteiger partial charge in [0.15, 0.2) is 0 Å². The summed E-state index contributed by atoms with van der Waals surface area (Å²) in [6, 6.07) is 8.03. The summed E-state index contributed by atoms with van der Waals surface area (Å²) >= 11 is 0. The van der Waals surface area contributed by atoms with Crippen LogP contribution in [0.1, 0.15) is 25.3 Å². The SMILES string of the molecule is CCc1ccc(N2C[C@@H](C(=O)NCCCN3CCOCC3)CC2=O)cc1. The van der Waals surface area contributed by atoms with Crippen molar-refractivity contribution in [3.63, 3.8) is 0 Å². The van der Waals surface area contributed by atoms with E-state index in [4.69, 9.17) is 4.74 Å². The Balaban J connectivity index is 1.42. The molecule has 1 aromatic rings. The monoisotopic (exact) mass is 359 g/mol. The minimum Gasteiger partial charge on any atom is -0.379 e. The highest BCUT2D eigenvalue weighted by atomic mass is 16.5. The summed E-state index contributed by atoms with van der Waals surface area (Å²) in [5, 5.41) is 3.00. The number of aryl methyl sites for hydroxylation is 1. The summed E-state index contributed by atoms with van der Waals surface area (Å²) in [7, 11) is 0. The van der Waals surface area contributed by atoms with Gasteiger partial charge in [0.25, 0.3) is 0 Å². The van der Waals surface area contributed by atoms with E-state index in [0.717, 1.165) is 51.4 Å². The molecule has 6 nitrogen and oxygen atoms in total. The first kappa shape index (κ1) is 18.9. The molecular formula is C20H29N3O3. The number of morpholine rings is 1. The molecule has 2 heterocycles. The molecular weight excluding hydrogens is 330 g/mol. The number of hydrogen-bond acceptors (Lipinski definition) is 4. The van der Waals surface area contributed by atoms with Gasteiger partial charge in [0.05, 0.1) is 19.1 Å². The van der Waals surface area contributed by atoms with Gasteiger partial charge < -0.3 is 15.0 Å². The van der Waals surface area contributed by atoms with Crippen LogP contribution in [0.4, 0.5) is 5.69 Å². The van der Waals surface area contributed by atoms with E-state index in [9.17, 15) is 9.59 Å². The zero-order chi connectivity index (χ0) is 18.4. The van der Waals surface area contributed by atoms with Crippen LogP contribution in [-0.2, 0) is 20.7 Å². The van der Waals surface area contributed by atoms with Crippen molar-refractivity contribution in [1.29, 1.82) is 0 Å². The molecule has 2 aliphatic heterocycles. The van der Waals surface area contributed by atoms with Crippen molar-refractivity contribution in [3.8, 4) is 0 Å². The number of rotatable bonds is 7. The van der Waals surface area contributed by atoms with Gasteiger partial charge in [0.1, 0.15) is 0 Å². The van der Waals surface area contributed by atoms with Crippen molar-refractivity contribution in [2.45, 2.75) is 26.2 Å². The van der Waals surface area contributed by atoms with Gasteiger partial charge in [-0.05, 0) is 37.1 Å². The molecule has 1 aromatic carbocycles. The summed E-state index contributed by atoms with van der Waals surface area (Å²) in [4.78, 5) is 28.8. The zero-order valence-corrected chi connectivity index (χ0v) is 15.6. The Morgan fingerprint density at radius 2 is 1.96 bits per heavy atom. The summed E-state index contributed by atoms with van der Waals surface area (Å²) < 4.78 is 5.33. The van der Waals surface area contributed by atoms with Crippen molar-refractivity contribution < 1.29 is 14.3 Å². The van der Waals surface area contributed by atoms with E-state index in [1.807, 2.05) is 24.3 Å². The van der Waals surface area contributed by atoms with E-state index in [1.165, 1.54) is 5.56 Å². The van der Waals surface area contributed by atoms with Gasteiger partial charge >= 0.3 is 0 Å². The van der Waals surface area contributed by atoms with Crippen LogP contribution in [0.15, 0.2) is 24.3 Å². The second kappa shape index (κ2) is 9.14. The van der Waals surface area contributed by atoms with Crippen LogP contribution >= 0.6 is 0 Å². The summed E-state index contributed by atoms with van der Waals surface area (Å²) in [6.07, 6.45) is 2.20. The number of anilines is 1. The minimum atomic E-state index is -0.253. The lowest BCUT2D eigenvalue weighted by Gasteiger charge is -2.26. The lowest BCUT2D eigenvalue weighted by atomic mass is 10.1. The maximum Gasteiger partial charge on any atom is 0.227 e. The third-order valence-electron chi connectivity index (χ3n) is 5.21. The molecule has 2 fully saturated rings. The van der Waals surface area contributed by atoms with E-state index in [0.29, 0.717) is 19.5 Å². The number of hydrogen-bond donors (Lipinski definition) is 1. The molecule has 26 heavy (non-hydrogen) atoms. The molecule has 2 saturated heterocycles. The average Bonchev–Trinajstić information content (AvgIpc) is 3.08. The Morgan fingerprint density at radius 1 is 1.23 bits per heavy atom. The first-order valence-corrected chi connectivity index (χ1v) is 9.64. The lowest BCUT2D eigenvalue weighted by Crippen LogP contribution is -2.39. The van der Waals surface area contributed by atoms with Gasteiger partial charge in [0.2, 0.25) is 11.8 Å². The molecule has 0 radical (unpaired) electrons. The summed E-state index contributed by atoms with van der Waals surface area (Å²) in [5.41, 5.74) is 2.13. The highest BCUT2D eigenvalue weighted by molar-refractivity contribution is 6.00. The molecule has 0 bridgehead atoms. The molecule has 0 aliphatic carbocycles. The molecule has 0 aromatic heterocycles. The quantitative estimate of drug-likeness (QED) is 0.749. The van der Waals surface area contributed by atoms with E-state index in [1.54, 1.807) is 4.90 Å². The predicted molar refractivity (Wildman–Crippen MR) is 101 cm³/mol. The van der Waals surface area contributed by atoms with Crippen LogP contribution in [0.25, 0.3) is 0 Å². The van der Waals surface area contributed by atoms with Gasteiger partial charge in [-0.1, -0.05) is 19.1 Å². The summed E-state index contributed by atoms with van der Waals surface area (Å²) in [5.74, 6) is -0.229. The second-order valence-electron chi connectivity index (χ2n) is 7.02. The largest absolute Gasteiger partial charge is 0.379 e. The molecule has 142 valence electrons. The van der Waals surface area contributed by atoms with Crippen LogP contribution in [0.2, 0.25) is 0 Å². The zero-order valence-electron chi connectivity index (χ0n) is 15.6. The fourth-order valence-corrected chi connectivity index (χ4v) is 3.53. The predicted octanol–water partition coefficient (Wildman–Crippen LogP) is 1.44. The van der Waals surface area contributed by atoms with E-state index < -0.39 is 0 Å². The minimum absolute atomic E-state index is 0.00648. The third kappa shape index (κ3) is 4.83. The van der Waals surface area contributed by atoms with E-state index >= 15 is 0 Å². The van der Waals surface area contributed by atoms with Gasteiger partial charge in [-0.3, -0.25) is 14.5 Å². The number of carbonyl (C=O) groups is 2. The topological polar surface area (TPSA) is 61.9 Å². The van der Waals surface area contributed by atoms with Gasteiger partial charge in [-0.2, -0.15) is 0 Å². The van der Waals surface area contributed by atoms with Crippen molar-refractivity contribution >= 4 is 17.5 Å². The third-order valence-corrected chi connectivity index (χ3v) is 5.21. The number of amides is 2. The standard InChI is InChI=1S/C20H29N3O3/c1-2-16-4-6-18(7-5-16)23-15-17(14-19(23)24)20(25)21-8-3-9-22-10-12-26-13-11-22/h4-7,17H,2-3,8-15H2,1H3,(H,21,25)/t17-/m0/s1. The molecule has 2 aliphatic rings. The Labute approximate surface area is 155 Å². The molecule has 1 N–H and O–H groups in total. The fraction of sp³-hybridized carbons (Fsp3) is 0.600. The Kier molecular flexibility index (Phi) is 6.63. The number of nitrogens with zero attached hydrogens (tertiary/aromatic N) is 2. The van der Waals surface area contributed by atoms with Gasteiger partial charge in [0, 0.05) is 38.3 Å². The van der Waals surface area contributed by atoms with Crippen LogP contribution in [0.5, 0.6) is 0 Å². The highest BCUT2D eigenvalue weighted by Gasteiger charge is 2.34. The Morgan fingerprint density at radius 3 is 2.65 bits per heavy atom. The molecule has 6 heteroatoms. The van der Waals surface area contributed by atoms with Crippen molar-refractivity contribution in [3.05, 3.63) is 29.8 Å². The van der Waals surface area contributed by atoms with Crippen molar-refractivity contribution in [2.75, 3.05) is 50.8 Å². The Hall–Kier alpha value is -1.92. The average molecular weight is 359 g/mol. The second-order valence-corrected chi connectivity index (χ2v) is 7.02. The van der Waals surface area contributed by atoms with Crippen LogP contribution in [0, 0.1) is 5.92 Å². The number of carbonyl (C=O) groups excluding carboxylic acids is 2. The van der Waals surface area contributed by atoms with E-state index in [2.05, 4.69) is 17.1 Å². The van der Waals surface area contributed by atoms with Crippen LogP contribution in [-0.4, -0.2) is 62.7 Å².